The van der Waals surface area contributed by atoms with Gasteiger partial charge in [-0.25, -0.2) is 0 Å². The van der Waals surface area contributed by atoms with Crippen LogP contribution in [0.3, 0.4) is 0 Å². The van der Waals surface area contributed by atoms with Gasteiger partial charge in [-0.15, -0.1) is 0 Å². The van der Waals surface area contributed by atoms with E-state index in [1.807, 2.05) is 24.3 Å². The standard InChI is InChI=1S/C54H32N2O2/c1-2-12-35(13-3-1)56-47-19-9-5-15-39(47)43-27-26-37(33-23-28-51-44(30-33)41-16-6-10-20-49(41)57-51)53(54(43)56)34-22-25-40-38-14-4-8-18-46(38)55(48(40)31-34)36-24-29-52-45(32-36)42-17-7-11-21-50(42)58-52/h1-32H. The molecule has 0 spiro atoms. The molecule has 0 saturated heterocycles. The molecular formula is C54H32N2O2. The van der Waals surface area contributed by atoms with E-state index in [0.717, 1.165) is 83.0 Å². The molecular weight excluding hydrogens is 709 g/mol. The summed E-state index contributed by atoms with van der Waals surface area (Å²) < 4.78 is 17.5. The van der Waals surface area contributed by atoms with E-state index >= 15 is 0 Å². The Morgan fingerprint density at radius 3 is 1.57 bits per heavy atom. The number of furan rings is 2. The molecule has 4 heterocycles. The van der Waals surface area contributed by atoms with Gasteiger partial charge in [0, 0.05) is 60.0 Å². The molecule has 0 N–H and O–H groups in total. The second-order valence-corrected chi connectivity index (χ2v) is 15.2. The maximum absolute atomic E-state index is 6.31. The predicted molar refractivity (Wildman–Crippen MR) is 241 cm³/mol. The molecule has 0 radical (unpaired) electrons. The van der Waals surface area contributed by atoms with Crippen LogP contribution in [0.2, 0.25) is 0 Å². The summed E-state index contributed by atoms with van der Waals surface area (Å²) in [4.78, 5) is 0. The zero-order chi connectivity index (χ0) is 37.9. The minimum Gasteiger partial charge on any atom is -0.456 e. The fourth-order valence-corrected chi connectivity index (χ4v) is 9.59. The van der Waals surface area contributed by atoms with Gasteiger partial charge in [0.15, 0.2) is 0 Å². The molecule has 0 saturated carbocycles. The van der Waals surface area contributed by atoms with Crippen molar-refractivity contribution in [2.75, 3.05) is 0 Å². The van der Waals surface area contributed by atoms with Crippen LogP contribution in [0.25, 0.3) is 121 Å². The Balaban J connectivity index is 1.15. The fraction of sp³-hybridized carbons (Fsp3) is 0. The highest BCUT2D eigenvalue weighted by Crippen LogP contribution is 2.46. The lowest BCUT2D eigenvalue weighted by Crippen LogP contribution is -1.97. The molecule has 270 valence electrons. The number of para-hydroxylation sites is 5. The van der Waals surface area contributed by atoms with E-state index < -0.39 is 0 Å². The van der Waals surface area contributed by atoms with Crippen molar-refractivity contribution in [3.05, 3.63) is 194 Å². The summed E-state index contributed by atoms with van der Waals surface area (Å²) in [6.07, 6.45) is 0. The van der Waals surface area contributed by atoms with E-state index in [4.69, 9.17) is 8.83 Å². The van der Waals surface area contributed by atoms with Crippen LogP contribution in [-0.4, -0.2) is 9.13 Å². The van der Waals surface area contributed by atoms with Crippen molar-refractivity contribution in [3.8, 4) is 33.6 Å². The monoisotopic (exact) mass is 740 g/mol. The van der Waals surface area contributed by atoms with Crippen molar-refractivity contribution >= 4 is 87.5 Å². The SMILES string of the molecule is c1ccc(-n2c3ccccc3c3ccc(-c4ccc5oc6ccccc6c5c4)c(-c4ccc5c6ccccc6n(-c6ccc7oc8ccccc8c7c6)c5c4)c32)cc1. The number of hydrogen-bond acceptors (Lipinski definition) is 2. The van der Waals surface area contributed by atoms with Gasteiger partial charge in [0.05, 0.1) is 22.1 Å². The zero-order valence-electron chi connectivity index (χ0n) is 31.2. The normalized spacial score (nSPS) is 12.1. The fourth-order valence-electron chi connectivity index (χ4n) is 9.59. The molecule has 0 unspecified atom stereocenters. The van der Waals surface area contributed by atoms with Crippen LogP contribution in [0, 0.1) is 0 Å². The summed E-state index contributed by atoms with van der Waals surface area (Å²) in [5.41, 5.74) is 15.1. The van der Waals surface area contributed by atoms with Gasteiger partial charge in [-0.1, -0.05) is 121 Å². The Morgan fingerprint density at radius 2 is 0.828 bits per heavy atom. The molecule has 0 aliphatic carbocycles. The predicted octanol–water partition coefficient (Wildman–Crippen LogP) is 15.0. The smallest absolute Gasteiger partial charge is 0.135 e. The van der Waals surface area contributed by atoms with E-state index in [2.05, 4.69) is 179 Å². The topological polar surface area (TPSA) is 36.1 Å². The first-order chi connectivity index (χ1) is 28.8. The largest absolute Gasteiger partial charge is 0.456 e. The first-order valence-corrected chi connectivity index (χ1v) is 19.8. The lowest BCUT2D eigenvalue weighted by atomic mass is 9.91. The van der Waals surface area contributed by atoms with Crippen LogP contribution in [-0.2, 0) is 0 Å². The minimum atomic E-state index is 0.888. The number of hydrogen-bond donors (Lipinski definition) is 0. The van der Waals surface area contributed by atoms with Gasteiger partial charge in [-0.3, -0.25) is 0 Å². The summed E-state index contributed by atoms with van der Waals surface area (Å²) in [5, 5.41) is 9.32. The van der Waals surface area contributed by atoms with Crippen LogP contribution in [0.1, 0.15) is 0 Å². The Morgan fingerprint density at radius 1 is 0.293 bits per heavy atom. The van der Waals surface area contributed by atoms with Crippen molar-refractivity contribution < 1.29 is 8.83 Å². The van der Waals surface area contributed by atoms with Gasteiger partial charge < -0.3 is 18.0 Å². The molecule has 58 heavy (non-hydrogen) atoms. The minimum absolute atomic E-state index is 0.888. The molecule has 0 fully saturated rings. The van der Waals surface area contributed by atoms with Gasteiger partial charge >= 0.3 is 0 Å². The van der Waals surface area contributed by atoms with E-state index in [-0.39, 0.29) is 0 Å². The Hall–Kier alpha value is -7.82. The Kier molecular flexibility index (Phi) is 6.41. The lowest BCUT2D eigenvalue weighted by Gasteiger charge is -2.17. The van der Waals surface area contributed by atoms with Gasteiger partial charge in [0.1, 0.15) is 22.3 Å². The highest BCUT2D eigenvalue weighted by molar-refractivity contribution is 6.18. The molecule has 0 aliphatic heterocycles. The molecule has 13 rings (SSSR count). The number of aromatic nitrogens is 2. The number of nitrogens with zero attached hydrogens (tertiary/aromatic N) is 2. The first kappa shape index (κ1) is 31.4. The second kappa shape index (κ2) is 11.8. The van der Waals surface area contributed by atoms with Gasteiger partial charge in [-0.05, 0) is 89.5 Å². The summed E-state index contributed by atoms with van der Waals surface area (Å²) in [6, 6.07) is 69.8. The Bertz CT molecular complexity index is 3800. The molecule has 0 amide bonds. The molecule has 9 aromatic carbocycles. The number of fused-ring (bicyclic) bond motifs is 12. The van der Waals surface area contributed by atoms with Crippen molar-refractivity contribution in [2.24, 2.45) is 0 Å². The lowest BCUT2D eigenvalue weighted by molar-refractivity contribution is 0.668. The number of benzene rings is 9. The van der Waals surface area contributed by atoms with Gasteiger partial charge in [0.2, 0.25) is 0 Å². The molecule has 0 atom stereocenters. The highest BCUT2D eigenvalue weighted by atomic mass is 16.3. The first-order valence-electron chi connectivity index (χ1n) is 19.8. The summed E-state index contributed by atoms with van der Waals surface area (Å²) in [7, 11) is 0. The van der Waals surface area contributed by atoms with Crippen LogP contribution in [0.15, 0.2) is 203 Å². The maximum Gasteiger partial charge on any atom is 0.135 e. The summed E-state index contributed by atoms with van der Waals surface area (Å²) >= 11 is 0. The van der Waals surface area contributed by atoms with E-state index in [9.17, 15) is 0 Å². The third-order valence-electron chi connectivity index (χ3n) is 12.1. The average molecular weight is 741 g/mol. The second-order valence-electron chi connectivity index (χ2n) is 15.2. The zero-order valence-corrected chi connectivity index (χ0v) is 31.2. The van der Waals surface area contributed by atoms with E-state index in [1.54, 1.807) is 0 Å². The molecule has 4 heteroatoms. The molecule has 4 aromatic heterocycles. The number of rotatable bonds is 4. The van der Waals surface area contributed by atoms with E-state index in [0.29, 0.717) is 0 Å². The van der Waals surface area contributed by atoms with Gasteiger partial charge in [0.25, 0.3) is 0 Å². The quantitative estimate of drug-likeness (QED) is 0.180. The maximum atomic E-state index is 6.31. The van der Waals surface area contributed by atoms with Crippen LogP contribution in [0.4, 0.5) is 0 Å². The van der Waals surface area contributed by atoms with Crippen LogP contribution >= 0.6 is 0 Å². The highest BCUT2D eigenvalue weighted by Gasteiger charge is 2.23. The molecule has 0 aliphatic rings. The van der Waals surface area contributed by atoms with Gasteiger partial charge in [-0.2, -0.15) is 0 Å². The molecule has 0 bridgehead atoms. The summed E-state index contributed by atoms with van der Waals surface area (Å²) in [6.45, 7) is 0. The Labute approximate surface area is 332 Å². The van der Waals surface area contributed by atoms with Crippen molar-refractivity contribution in [3.63, 3.8) is 0 Å². The average Bonchev–Trinajstić information content (AvgIpc) is 4.03. The van der Waals surface area contributed by atoms with Crippen molar-refractivity contribution in [2.45, 2.75) is 0 Å². The van der Waals surface area contributed by atoms with Crippen LogP contribution < -0.4 is 0 Å². The van der Waals surface area contributed by atoms with Crippen molar-refractivity contribution in [1.29, 1.82) is 0 Å². The molecule has 4 nitrogen and oxygen atoms in total. The third kappa shape index (κ3) is 4.40. The molecule has 13 aromatic rings. The third-order valence-corrected chi connectivity index (χ3v) is 12.1. The van der Waals surface area contributed by atoms with Crippen LogP contribution in [0.5, 0.6) is 0 Å². The van der Waals surface area contributed by atoms with E-state index in [1.165, 1.54) is 38.1 Å². The van der Waals surface area contributed by atoms with Crippen molar-refractivity contribution in [1.82, 2.24) is 9.13 Å². The summed E-state index contributed by atoms with van der Waals surface area (Å²) in [5.74, 6) is 0.